The molecule has 0 aliphatic rings. The van der Waals surface area contributed by atoms with Crippen molar-refractivity contribution in [1.29, 1.82) is 0 Å². The van der Waals surface area contributed by atoms with Crippen LogP contribution in [0.3, 0.4) is 0 Å². The lowest BCUT2D eigenvalue weighted by atomic mass is 9.94. The quantitative estimate of drug-likeness (QED) is 0.721. The molecule has 110 valence electrons. The van der Waals surface area contributed by atoms with Crippen molar-refractivity contribution in [2.75, 3.05) is 0 Å². The smallest absolute Gasteiger partial charge is 0.354 e. The molecule has 1 aromatic heterocycles. The number of fused-ring (bicyclic) bond motifs is 1. The first-order chi connectivity index (χ1) is 10.5. The first-order valence-electron chi connectivity index (χ1n) is 6.51. The average molecular weight is 315 g/mol. The maximum atomic E-state index is 12.0. The maximum absolute atomic E-state index is 12.0. The number of hydrogen-bond acceptors (Lipinski definition) is 3. The van der Waals surface area contributed by atoms with Gasteiger partial charge in [0.1, 0.15) is 5.52 Å². The number of aromatic nitrogens is 2. The zero-order valence-corrected chi connectivity index (χ0v) is 12.3. The van der Waals surface area contributed by atoms with E-state index in [0.29, 0.717) is 22.0 Å². The molecule has 0 radical (unpaired) electrons. The van der Waals surface area contributed by atoms with E-state index in [0.717, 1.165) is 5.56 Å². The molecule has 2 N–H and O–H groups in total. The van der Waals surface area contributed by atoms with Crippen molar-refractivity contribution < 1.29 is 14.7 Å². The van der Waals surface area contributed by atoms with Crippen LogP contribution in [-0.2, 0) is 0 Å². The Hall–Kier alpha value is -2.66. The van der Waals surface area contributed by atoms with Crippen molar-refractivity contribution in [2.24, 2.45) is 0 Å². The molecule has 5 nitrogen and oxygen atoms in total. The standard InChI is InChI=1S/C16H11ClN2O3/c1-8(20)10-7-11(17)13-14(18-19-15(13)16(21)22)12(10)9-5-3-2-4-6-9/h2-7H,1H3,(H,18,19)(H,21,22). The third-order valence-electron chi connectivity index (χ3n) is 3.44. The van der Waals surface area contributed by atoms with Crippen molar-refractivity contribution in [3.63, 3.8) is 0 Å². The number of carbonyl (C=O) groups excluding carboxylic acids is 1. The number of carboxylic acid groups (broad SMARTS) is 1. The van der Waals surface area contributed by atoms with E-state index < -0.39 is 5.97 Å². The van der Waals surface area contributed by atoms with Crippen LogP contribution in [0.15, 0.2) is 36.4 Å². The van der Waals surface area contributed by atoms with E-state index in [1.807, 2.05) is 30.3 Å². The predicted molar refractivity (Wildman–Crippen MR) is 83.5 cm³/mol. The third-order valence-corrected chi connectivity index (χ3v) is 3.74. The molecule has 0 amide bonds. The normalized spacial score (nSPS) is 10.8. The molecule has 0 spiro atoms. The van der Waals surface area contributed by atoms with Crippen LogP contribution in [0.2, 0.25) is 5.02 Å². The first kappa shape index (κ1) is 14.3. The van der Waals surface area contributed by atoms with E-state index in [9.17, 15) is 14.7 Å². The monoisotopic (exact) mass is 314 g/mol. The van der Waals surface area contributed by atoms with Crippen molar-refractivity contribution >= 4 is 34.3 Å². The molecule has 3 rings (SSSR count). The van der Waals surface area contributed by atoms with Gasteiger partial charge in [-0.05, 0) is 18.6 Å². The molecule has 0 fully saturated rings. The van der Waals surface area contributed by atoms with Crippen molar-refractivity contribution in [1.82, 2.24) is 10.2 Å². The Kier molecular flexibility index (Phi) is 3.42. The lowest BCUT2D eigenvalue weighted by molar-refractivity contribution is 0.0692. The molecule has 22 heavy (non-hydrogen) atoms. The minimum atomic E-state index is -1.15. The molecule has 0 saturated carbocycles. The second-order valence-electron chi connectivity index (χ2n) is 4.83. The van der Waals surface area contributed by atoms with Gasteiger partial charge in [0.15, 0.2) is 11.5 Å². The van der Waals surface area contributed by atoms with Gasteiger partial charge in [0.25, 0.3) is 0 Å². The van der Waals surface area contributed by atoms with Crippen LogP contribution in [0.25, 0.3) is 22.0 Å². The second-order valence-corrected chi connectivity index (χ2v) is 5.24. The number of ketones is 1. The summed E-state index contributed by atoms with van der Waals surface area (Å²) in [5.41, 5.74) is 2.05. The number of halogens is 1. The van der Waals surface area contributed by atoms with Crippen LogP contribution in [0.5, 0.6) is 0 Å². The number of aromatic amines is 1. The summed E-state index contributed by atoms with van der Waals surface area (Å²) in [5, 5.41) is 16.3. The molecule has 0 saturated heterocycles. The summed E-state index contributed by atoms with van der Waals surface area (Å²) in [4.78, 5) is 23.3. The minimum absolute atomic E-state index is 0.0905. The Morgan fingerprint density at radius 2 is 1.91 bits per heavy atom. The van der Waals surface area contributed by atoms with Crippen LogP contribution >= 0.6 is 11.6 Å². The molecule has 0 aliphatic heterocycles. The highest BCUT2D eigenvalue weighted by Crippen LogP contribution is 2.37. The van der Waals surface area contributed by atoms with Gasteiger partial charge < -0.3 is 5.11 Å². The van der Waals surface area contributed by atoms with Gasteiger partial charge >= 0.3 is 5.97 Å². The minimum Gasteiger partial charge on any atom is -0.477 e. The van der Waals surface area contributed by atoms with E-state index in [1.54, 1.807) is 0 Å². The summed E-state index contributed by atoms with van der Waals surface area (Å²) in [6, 6.07) is 10.7. The molecule has 6 heteroatoms. The average Bonchev–Trinajstić information content (AvgIpc) is 2.93. The summed E-state index contributed by atoms with van der Waals surface area (Å²) in [5.74, 6) is -1.32. The van der Waals surface area contributed by atoms with Gasteiger partial charge in [-0.15, -0.1) is 0 Å². The van der Waals surface area contributed by atoms with Crippen molar-refractivity contribution in [2.45, 2.75) is 6.92 Å². The van der Waals surface area contributed by atoms with Gasteiger partial charge in [-0.3, -0.25) is 9.89 Å². The number of carboxylic acids is 1. The molecular formula is C16H11ClN2O3. The SMILES string of the molecule is CC(=O)c1cc(Cl)c2c(C(=O)O)[nH]nc2c1-c1ccccc1. The van der Waals surface area contributed by atoms with E-state index in [-0.39, 0.29) is 16.5 Å². The highest BCUT2D eigenvalue weighted by Gasteiger charge is 2.22. The van der Waals surface area contributed by atoms with E-state index >= 15 is 0 Å². The summed E-state index contributed by atoms with van der Waals surface area (Å²) < 4.78 is 0. The van der Waals surface area contributed by atoms with Gasteiger partial charge in [0.2, 0.25) is 0 Å². The predicted octanol–water partition coefficient (Wildman–Crippen LogP) is 3.78. The van der Waals surface area contributed by atoms with Gasteiger partial charge in [0.05, 0.1) is 10.4 Å². The lowest BCUT2D eigenvalue weighted by Crippen LogP contribution is -2.00. The number of nitrogens with zero attached hydrogens (tertiary/aromatic N) is 1. The zero-order valence-electron chi connectivity index (χ0n) is 11.6. The molecule has 2 aromatic carbocycles. The van der Waals surface area contributed by atoms with E-state index in [1.165, 1.54) is 13.0 Å². The number of hydrogen-bond donors (Lipinski definition) is 2. The molecule has 0 atom stereocenters. The Balaban J connectivity index is 2.47. The van der Waals surface area contributed by atoms with E-state index in [2.05, 4.69) is 10.2 Å². The summed E-state index contributed by atoms with van der Waals surface area (Å²) in [6.45, 7) is 1.44. The van der Waals surface area contributed by atoms with Crippen LogP contribution in [-0.4, -0.2) is 27.1 Å². The van der Waals surface area contributed by atoms with E-state index in [4.69, 9.17) is 11.6 Å². The number of aromatic carboxylic acids is 1. The Bertz CT molecular complexity index is 901. The number of nitrogens with one attached hydrogen (secondary N) is 1. The number of Topliss-reactive ketones (excluding diaryl/α,β-unsaturated/α-hetero) is 1. The van der Waals surface area contributed by atoms with Crippen molar-refractivity contribution in [3.05, 3.63) is 52.7 Å². The zero-order chi connectivity index (χ0) is 15.9. The number of benzene rings is 2. The third kappa shape index (κ3) is 2.16. The van der Waals surface area contributed by atoms with Gasteiger partial charge in [0, 0.05) is 11.1 Å². The molecule has 0 aliphatic carbocycles. The maximum Gasteiger partial charge on any atom is 0.354 e. The highest BCUT2D eigenvalue weighted by atomic mass is 35.5. The summed E-state index contributed by atoms with van der Waals surface area (Å²) in [6.07, 6.45) is 0. The topological polar surface area (TPSA) is 83.0 Å². The summed E-state index contributed by atoms with van der Waals surface area (Å²) in [7, 11) is 0. The number of carbonyl (C=O) groups is 2. The first-order valence-corrected chi connectivity index (χ1v) is 6.88. The van der Waals surface area contributed by atoms with Crippen LogP contribution in [0.4, 0.5) is 0 Å². The molecule has 1 heterocycles. The molecular weight excluding hydrogens is 304 g/mol. The second kappa shape index (κ2) is 5.27. The number of rotatable bonds is 3. The number of H-pyrrole nitrogens is 1. The Morgan fingerprint density at radius 3 is 2.50 bits per heavy atom. The molecule has 0 bridgehead atoms. The fraction of sp³-hybridized carbons (Fsp3) is 0.0625. The summed E-state index contributed by atoms with van der Waals surface area (Å²) >= 11 is 6.18. The van der Waals surface area contributed by atoms with Gasteiger partial charge in [-0.25, -0.2) is 4.79 Å². The fourth-order valence-corrected chi connectivity index (χ4v) is 2.78. The largest absolute Gasteiger partial charge is 0.477 e. The van der Waals surface area contributed by atoms with Gasteiger partial charge in [-0.2, -0.15) is 5.10 Å². The van der Waals surface area contributed by atoms with Crippen molar-refractivity contribution in [3.8, 4) is 11.1 Å². The Labute approximate surface area is 130 Å². The lowest BCUT2D eigenvalue weighted by Gasteiger charge is -2.10. The van der Waals surface area contributed by atoms with Crippen LogP contribution in [0.1, 0.15) is 27.8 Å². The van der Waals surface area contributed by atoms with Crippen LogP contribution in [0, 0.1) is 0 Å². The van der Waals surface area contributed by atoms with Gasteiger partial charge in [-0.1, -0.05) is 41.9 Å². The Morgan fingerprint density at radius 1 is 1.23 bits per heavy atom. The molecule has 3 aromatic rings. The molecule has 0 unspecified atom stereocenters. The highest BCUT2D eigenvalue weighted by molar-refractivity contribution is 6.38. The van der Waals surface area contributed by atoms with Crippen LogP contribution < -0.4 is 0 Å². The fourth-order valence-electron chi connectivity index (χ4n) is 2.48.